The van der Waals surface area contributed by atoms with Gasteiger partial charge in [0, 0.05) is 11.9 Å². The summed E-state index contributed by atoms with van der Waals surface area (Å²) in [6, 6.07) is 11.9. The Morgan fingerprint density at radius 1 is 1.03 bits per heavy atom. The number of hydrogen-bond acceptors (Lipinski definition) is 6. The number of carbonyl (C=O) groups excluding carboxylic acids is 3. The first-order chi connectivity index (χ1) is 14.4. The number of guanidine groups is 1. The van der Waals surface area contributed by atoms with Crippen LogP contribution in [0.2, 0.25) is 0 Å². The first-order valence-corrected chi connectivity index (χ1v) is 9.44. The second-order valence-electron chi connectivity index (χ2n) is 6.48. The van der Waals surface area contributed by atoms with Crippen molar-refractivity contribution in [2.75, 3.05) is 19.6 Å². The zero-order valence-corrected chi connectivity index (χ0v) is 16.4. The van der Waals surface area contributed by atoms with Crippen LogP contribution in [-0.4, -0.2) is 49.4 Å². The van der Waals surface area contributed by atoms with Crippen LogP contribution in [0.1, 0.15) is 12.8 Å². The molecule has 0 saturated heterocycles. The Hall–Kier alpha value is -3.66. The van der Waals surface area contributed by atoms with Crippen molar-refractivity contribution in [2.45, 2.75) is 18.9 Å². The van der Waals surface area contributed by atoms with Crippen LogP contribution in [0.5, 0.6) is 5.75 Å². The predicted molar refractivity (Wildman–Crippen MR) is 113 cm³/mol. The van der Waals surface area contributed by atoms with Crippen molar-refractivity contribution in [3.63, 3.8) is 0 Å². The van der Waals surface area contributed by atoms with E-state index in [1.165, 1.54) is 0 Å². The lowest BCUT2D eigenvalue weighted by Crippen LogP contribution is -2.47. The molecule has 0 unspecified atom stereocenters. The van der Waals surface area contributed by atoms with E-state index in [-0.39, 0.29) is 25.5 Å². The van der Waals surface area contributed by atoms with Crippen LogP contribution in [0.4, 0.5) is 0 Å². The van der Waals surface area contributed by atoms with Gasteiger partial charge in [-0.05, 0) is 24.3 Å². The highest BCUT2D eigenvalue weighted by Crippen LogP contribution is 2.25. The van der Waals surface area contributed by atoms with E-state index in [1.54, 1.807) is 12.1 Å². The third-order valence-corrected chi connectivity index (χ3v) is 4.20. The fourth-order valence-electron chi connectivity index (χ4n) is 2.74. The molecule has 0 heterocycles. The molecule has 160 valence electrons. The molecule has 0 aliphatic carbocycles. The van der Waals surface area contributed by atoms with E-state index in [0.717, 1.165) is 10.8 Å². The Labute approximate surface area is 173 Å². The highest BCUT2D eigenvalue weighted by Gasteiger charge is 2.23. The minimum Gasteiger partial charge on any atom is -0.424 e. The first kappa shape index (κ1) is 22.6. The largest absolute Gasteiger partial charge is 0.424 e. The van der Waals surface area contributed by atoms with Crippen LogP contribution in [0.15, 0.2) is 42.5 Å². The second-order valence-corrected chi connectivity index (χ2v) is 6.48. The van der Waals surface area contributed by atoms with Gasteiger partial charge in [-0.2, -0.15) is 0 Å². The van der Waals surface area contributed by atoms with E-state index in [9.17, 15) is 14.4 Å². The zero-order chi connectivity index (χ0) is 21.9. The van der Waals surface area contributed by atoms with E-state index in [0.29, 0.717) is 18.7 Å². The summed E-state index contributed by atoms with van der Waals surface area (Å²) >= 11 is 0. The minimum absolute atomic E-state index is 0.182. The standard InChI is InChI=1S/C20H26N6O4/c21-11-17(27)25-12-18(28)26-15(8-4-10-24-20(22)23)19(29)30-16-9-3-6-13-5-1-2-7-14(13)16/h1-3,5-7,9,15H,4,8,10-12,21H2,(H,25,27)(H,26,28)(H4,22,23,24)/t15-/m0/s1. The molecular weight excluding hydrogens is 388 g/mol. The van der Waals surface area contributed by atoms with Crippen LogP contribution >= 0.6 is 0 Å². The van der Waals surface area contributed by atoms with Crippen LogP contribution in [0.3, 0.4) is 0 Å². The normalized spacial score (nSPS) is 11.4. The van der Waals surface area contributed by atoms with E-state index in [1.807, 2.05) is 30.3 Å². The number of nitrogens with one attached hydrogen (secondary N) is 4. The lowest BCUT2D eigenvalue weighted by atomic mass is 10.1. The van der Waals surface area contributed by atoms with Crippen molar-refractivity contribution in [1.82, 2.24) is 16.0 Å². The number of rotatable bonds is 10. The molecule has 8 N–H and O–H groups in total. The van der Waals surface area contributed by atoms with E-state index >= 15 is 0 Å². The highest BCUT2D eigenvalue weighted by molar-refractivity contribution is 5.93. The van der Waals surface area contributed by atoms with Gasteiger partial charge in [-0.25, -0.2) is 4.79 Å². The van der Waals surface area contributed by atoms with Crippen molar-refractivity contribution >= 4 is 34.5 Å². The second kappa shape index (κ2) is 11.4. The summed E-state index contributed by atoms with van der Waals surface area (Å²) in [5.74, 6) is -1.45. The molecule has 0 aliphatic heterocycles. The number of benzene rings is 2. The van der Waals surface area contributed by atoms with E-state index in [2.05, 4.69) is 16.0 Å². The summed E-state index contributed by atoms with van der Waals surface area (Å²) in [7, 11) is 0. The van der Waals surface area contributed by atoms with Gasteiger partial charge in [0.05, 0.1) is 13.1 Å². The van der Waals surface area contributed by atoms with Crippen LogP contribution in [-0.2, 0) is 14.4 Å². The topological polar surface area (TPSA) is 172 Å². The molecule has 0 aromatic heterocycles. The van der Waals surface area contributed by atoms with Crippen molar-refractivity contribution in [3.8, 4) is 5.75 Å². The van der Waals surface area contributed by atoms with Crippen LogP contribution < -0.4 is 32.2 Å². The van der Waals surface area contributed by atoms with Gasteiger partial charge < -0.3 is 32.2 Å². The number of fused-ring (bicyclic) bond motifs is 1. The average molecular weight is 414 g/mol. The summed E-state index contributed by atoms with van der Waals surface area (Å²) < 4.78 is 5.57. The summed E-state index contributed by atoms with van der Waals surface area (Å²) in [4.78, 5) is 36.2. The van der Waals surface area contributed by atoms with E-state index in [4.69, 9.17) is 21.6 Å². The lowest BCUT2D eigenvalue weighted by Gasteiger charge is -2.18. The van der Waals surface area contributed by atoms with Gasteiger partial charge >= 0.3 is 5.97 Å². The summed E-state index contributed by atoms with van der Waals surface area (Å²) in [5.41, 5.74) is 10.4. The minimum atomic E-state index is -0.944. The molecule has 0 radical (unpaired) electrons. The van der Waals surface area contributed by atoms with Gasteiger partial charge in [-0.15, -0.1) is 0 Å². The SMILES string of the molecule is N=C(N)NCCC[C@H](NC(=O)CNC(=O)CN)C(=O)Oc1cccc2ccccc12. The molecule has 10 nitrogen and oxygen atoms in total. The maximum absolute atomic E-state index is 12.8. The molecular formula is C20H26N6O4. The molecule has 2 amide bonds. The molecule has 0 fully saturated rings. The van der Waals surface area contributed by atoms with Crippen molar-refractivity contribution < 1.29 is 19.1 Å². The molecule has 0 spiro atoms. The summed E-state index contributed by atoms with van der Waals surface area (Å²) in [6.07, 6.45) is 0.699. The molecule has 1 atom stereocenters. The Morgan fingerprint density at radius 2 is 1.77 bits per heavy atom. The fourth-order valence-corrected chi connectivity index (χ4v) is 2.74. The molecule has 10 heteroatoms. The molecule has 2 aromatic carbocycles. The third-order valence-electron chi connectivity index (χ3n) is 4.20. The quantitative estimate of drug-likeness (QED) is 0.101. The summed E-state index contributed by atoms with van der Waals surface area (Å²) in [5, 5.41) is 16.4. The van der Waals surface area contributed by atoms with Gasteiger partial charge in [-0.1, -0.05) is 36.4 Å². The molecule has 2 rings (SSSR count). The maximum Gasteiger partial charge on any atom is 0.334 e. The van der Waals surface area contributed by atoms with Crippen molar-refractivity contribution in [2.24, 2.45) is 11.5 Å². The molecule has 2 aromatic rings. The number of carbonyl (C=O) groups is 3. The highest BCUT2D eigenvalue weighted by atomic mass is 16.5. The Kier molecular flexibility index (Phi) is 8.57. The van der Waals surface area contributed by atoms with Gasteiger partial charge in [-0.3, -0.25) is 15.0 Å². The van der Waals surface area contributed by atoms with Gasteiger partial charge in [0.1, 0.15) is 11.8 Å². The predicted octanol–water partition coefficient (Wildman–Crippen LogP) is -0.432. The first-order valence-electron chi connectivity index (χ1n) is 9.44. The van der Waals surface area contributed by atoms with Crippen LogP contribution in [0.25, 0.3) is 10.8 Å². The smallest absolute Gasteiger partial charge is 0.334 e. The zero-order valence-electron chi connectivity index (χ0n) is 16.4. The number of esters is 1. The third kappa shape index (κ3) is 7.06. The number of nitrogens with two attached hydrogens (primary N) is 2. The molecule has 0 bridgehead atoms. The Bertz CT molecular complexity index is 912. The van der Waals surface area contributed by atoms with Crippen LogP contribution in [0, 0.1) is 5.41 Å². The molecule has 30 heavy (non-hydrogen) atoms. The number of amides is 2. The number of hydrogen-bond donors (Lipinski definition) is 6. The maximum atomic E-state index is 12.8. The van der Waals surface area contributed by atoms with E-state index < -0.39 is 23.8 Å². The summed E-state index contributed by atoms with van der Waals surface area (Å²) in [6.45, 7) is -0.191. The molecule has 0 aliphatic rings. The Balaban J connectivity index is 2.07. The van der Waals surface area contributed by atoms with Crippen molar-refractivity contribution in [3.05, 3.63) is 42.5 Å². The average Bonchev–Trinajstić information content (AvgIpc) is 2.74. The van der Waals surface area contributed by atoms with Gasteiger partial charge in [0.15, 0.2) is 5.96 Å². The Morgan fingerprint density at radius 3 is 2.50 bits per heavy atom. The van der Waals surface area contributed by atoms with Crippen molar-refractivity contribution in [1.29, 1.82) is 5.41 Å². The number of ether oxygens (including phenoxy) is 1. The van der Waals surface area contributed by atoms with Gasteiger partial charge in [0.25, 0.3) is 0 Å². The fraction of sp³-hybridized carbons (Fsp3) is 0.300. The van der Waals surface area contributed by atoms with Gasteiger partial charge in [0.2, 0.25) is 11.8 Å². The monoisotopic (exact) mass is 414 g/mol. The lowest BCUT2D eigenvalue weighted by molar-refractivity contribution is -0.139. The molecule has 0 saturated carbocycles.